The van der Waals surface area contributed by atoms with Gasteiger partial charge in [-0.05, 0) is 29.8 Å². The van der Waals surface area contributed by atoms with Crippen molar-refractivity contribution in [2.75, 3.05) is 18.5 Å². The first-order valence-corrected chi connectivity index (χ1v) is 8.71. The number of H-pyrrole nitrogens is 1. The summed E-state index contributed by atoms with van der Waals surface area (Å²) in [6.07, 6.45) is 1.49. The van der Waals surface area contributed by atoms with E-state index < -0.39 is 5.97 Å². The van der Waals surface area contributed by atoms with E-state index in [2.05, 4.69) is 34.0 Å². The Bertz CT molecular complexity index is 1200. The van der Waals surface area contributed by atoms with Crippen molar-refractivity contribution >= 4 is 33.5 Å². The highest BCUT2D eigenvalue weighted by molar-refractivity contribution is 6.08. The third-order valence-electron chi connectivity index (χ3n) is 5.08. The molecule has 6 heteroatoms. The molecule has 0 amide bonds. The van der Waals surface area contributed by atoms with Gasteiger partial charge < -0.3 is 19.7 Å². The summed E-state index contributed by atoms with van der Waals surface area (Å²) >= 11 is 0. The Hall–Kier alpha value is -3.54. The Morgan fingerprint density at radius 1 is 1.19 bits per heavy atom. The van der Waals surface area contributed by atoms with Crippen LogP contribution in [-0.2, 0) is 0 Å². The molecule has 6 nitrogen and oxygen atoms in total. The summed E-state index contributed by atoms with van der Waals surface area (Å²) in [5, 5.41) is 11.0. The smallest absolute Gasteiger partial charge is 0.354 e. The van der Waals surface area contributed by atoms with Gasteiger partial charge in [0.1, 0.15) is 17.5 Å². The van der Waals surface area contributed by atoms with Crippen LogP contribution in [0.2, 0.25) is 0 Å². The lowest BCUT2D eigenvalue weighted by Gasteiger charge is -2.34. The molecule has 4 aromatic rings. The Morgan fingerprint density at radius 3 is 2.89 bits per heavy atom. The summed E-state index contributed by atoms with van der Waals surface area (Å²) in [6.45, 7) is 0.757. The fraction of sp³-hybridized carbons (Fsp3) is 0.143. The molecular formula is C21H17N3O3. The van der Waals surface area contributed by atoms with Crippen molar-refractivity contribution < 1.29 is 14.6 Å². The van der Waals surface area contributed by atoms with Crippen LogP contribution in [0.1, 0.15) is 22.2 Å². The molecular weight excluding hydrogens is 342 g/mol. The lowest BCUT2D eigenvalue weighted by molar-refractivity contribution is 0.0690. The van der Waals surface area contributed by atoms with Gasteiger partial charge in [-0.15, -0.1) is 0 Å². The maximum absolute atomic E-state index is 11.2. The molecule has 2 N–H and O–H groups in total. The van der Waals surface area contributed by atoms with E-state index in [1.807, 2.05) is 30.3 Å². The number of benzene rings is 2. The van der Waals surface area contributed by atoms with Crippen molar-refractivity contribution in [2.24, 2.45) is 0 Å². The molecule has 2 aromatic carbocycles. The maximum atomic E-state index is 11.2. The fourth-order valence-corrected chi connectivity index (χ4v) is 3.72. The highest BCUT2D eigenvalue weighted by Crippen LogP contribution is 2.38. The number of likely N-dealkylation sites (N-methyl/N-ethyl adjacent to an activating group) is 1. The molecule has 1 aliphatic rings. The van der Waals surface area contributed by atoms with Gasteiger partial charge in [0.15, 0.2) is 0 Å². The number of para-hydroxylation sites is 2. The van der Waals surface area contributed by atoms with Gasteiger partial charge in [0.05, 0.1) is 23.9 Å². The number of carbonyl (C=O) groups is 1. The van der Waals surface area contributed by atoms with Crippen LogP contribution in [0, 0.1) is 0 Å². The zero-order chi connectivity index (χ0) is 18.5. The predicted molar refractivity (Wildman–Crippen MR) is 104 cm³/mol. The third-order valence-corrected chi connectivity index (χ3v) is 5.08. The number of aromatic carboxylic acids is 1. The molecule has 0 fully saturated rings. The molecule has 3 heterocycles. The molecule has 1 aliphatic heterocycles. The van der Waals surface area contributed by atoms with Crippen LogP contribution in [-0.4, -0.2) is 34.6 Å². The number of ether oxygens (including phenoxy) is 1. The molecule has 1 atom stereocenters. The summed E-state index contributed by atoms with van der Waals surface area (Å²) in [6, 6.07) is 15.8. The van der Waals surface area contributed by atoms with Crippen molar-refractivity contribution in [3.63, 3.8) is 0 Å². The topological polar surface area (TPSA) is 78.5 Å². The van der Waals surface area contributed by atoms with E-state index in [0.29, 0.717) is 0 Å². The standard InChI is InChI=1S/C21H17N3O3/c1-24-11-20(27-19-5-3-2-4-18(19)24)12-6-7-13-14-9-16(21(25)26)22-10-17(14)23-15(13)8-12/h2-10,20,23H,11H2,1H3,(H,25,26). The van der Waals surface area contributed by atoms with Crippen LogP contribution in [0.25, 0.3) is 21.8 Å². The van der Waals surface area contributed by atoms with E-state index >= 15 is 0 Å². The number of anilines is 1. The molecule has 0 aliphatic carbocycles. The van der Waals surface area contributed by atoms with Crippen molar-refractivity contribution in [1.29, 1.82) is 0 Å². The highest BCUT2D eigenvalue weighted by Gasteiger charge is 2.25. The summed E-state index contributed by atoms with van der Waals surface area (Å²) in [5.41, 5.74) is 3.96. The number of aromatic nitrogens is 2. The van der Waals surface area contributed by atoms with E-state index in [1.165, 1.54) is 0 Å². The number of carboxylic acids is 1. The van der Waals surface area contributed by atoms with Crippen molar-refractivity contribution in [3.05, 3.63) is 66.0 Å². The minimum atomic E-state index is -1.03. The molecule has 134 valence electrons. The normalized spacial score (nSPS) is 16.3. The van der Waals surface area contributed by atoms with Crippen LogP contribution in [0.3, 0.4) is 0 Å². The average molecular weight is 359 g/mol. The zero-order valence-corrected chi connectivity index (χ0v) is 14.6. The largest absolute Gasteiger partial charge is 0.482 e. The second-order valence-electron chi connectivity index (χ2n) is 6.81. The number of carboxylic acid groups (broad SMARTS) is 1. The van der Waals surface area contributed by atoms with Crippen LogP contribution < -0.4 is 9.64 Å². The number of aromatic amines is 1. The van der Waals surface area contributed by atoms with Gasteiger partial charge in [0.2, 0.25) is 0 Å². The monoisotopic (exact) mass is 359 g/mol. The number of nitrogens with zero attached hydrogens (tertiary/aromatic N) is 2. The number of nitrogens with one attached hydrogen (secondary N) is 1. The number of pyridine rings is 1. The van der Waals surface area contributed by atoms with E-state index in [-0.39, 0.29) is 11.8 Å². The van der Waals surface area contributed by atoms with Crippen molar-refractivity contribution in [2.45, 2.75) is 6.10 Å². The molecule has 0 radical (unpaired) electrons. The van der Waals surface area contributed by atoms with Gasteiger partial charge in [-0.2, -0.15) is 0 Å². The Morgan fingerprint density at radius 2 is 2.04 bits per heavy atom. The highest BCUT2D eigenvalue weighted by atomic mass is 16.5. The quantitative estimate of drug-likeness (QED) is 0.566. The lowest BCUT2D eigenvalue weighted by atomic mass is 10.0. The molecule has 0 spiro atoms. The minimum absolute atomic E-state index is 0.0429. The van der Waals surface area contributed by atoms with Crippen molar-refractivity contribution in [1.82, 2.24) is 9.97 Å². The second kappa shape index (κ2) is 5.74. The molecule has 0 bridgehead atoms. The van der Waals surface area contributed by atoms with Gasteiger partial charge >= 0.3 is 5.97 Å². The van der Waals surface area contributed by atoms with Crippen LogP contribution in [0.5, 0.6) is 5.75 Å². The zero-order valence-electron chi connectivity index (χ0n) is 14.6. The van der Waals surface area contributed by atoms with E-state index in [9.17, 15) is 9.90 Å². The fourth-order valence-electron chi connectivity index (χ4n) is 3.72. The van der Waals surface area contributed by atoms with Gasteiger partial charge in [-0.25, -0.2) is 9.78 Å². The molecule has 27 heavy (non-hydrogen) atoms. The van der Waals surface area contributed by atoms with Crippen LogP contribution >= 0.6 is 0 Å². The van der Waals surface area contributed by atoms with Gasteiger partial charge in [-0.3, -0.25) is 0 Å². The Kier molecular flexibility index (Phi) is 3.33. The predicted octanol–water partition coefficient (Wildman–Crippen LogP) is 3.98. The van der Waals surface area contributed by atoms with Crippen molar-refractivity contribution in [3.8, 4) is 5.75 Å². The SMILES string of the molecule is CN1CC(c2ccc3c(c2)[nH]c2cnc(C(=O)O)cc23)Oc2ccccc21. The molecule has 2 aromatic heterocycles. The third kappa shape index (κ3) is 2.49. The average Bonchev–Trinajstić information content (AvgIpc) is 3.04. The number of fused-ring (bicyclic) bond motifs is 4. The second-order valence-corrected chi connectivity index (χ2v) is 6.81. The van der Waals surface area contributed by atoms with Gasteiger partial charge in [-0.1, -0.05) is 24.3 Å². The summed E-state index contributed by atoms with van der Waals surface area (Å²) in [4.78, 5) is 20.7. The first-order valence-electron chi connectivity index (χ1n) is 8.71. The molecule has 1 unspecified atom stereocenters. The molecule has 5 rings (SSSR count). The lowest BCUT2D eigenvalue weighted by Crippen LogP contribution is -2.32. The summed E-state index contributed by atoms with van der Waals surface area (Å²) < 4.78 is 6.22. The first kappa shape index (κ1) is 15.7. The van der Waals surface area contributed by atoms with Crippen LogP contribution in [0.15, 0.2) is 54.7 Å². The Balaban J connectivity index is 1.57. The summed E-state index contributed by atoms with van der Waals surface area (Å²) in [5.74, 6) is -0.150. The van der Waals surface area contributed by atoms with Gasteiger partial charge in [0.25, 0.3) is 0 Å². The number of rotatable bonds is 2. The minimum Gasteiger partial charge on any atom is -0.482 e. The number of hydrogen-bond acceptors (Lipinski definition) is 4. The van der Waals surface area contributed by atoms with E-state index in [1.54, 1.807) is 12.3 Å². The molecule has 0 saturated carbocycles. The van der Waals surface area contributed by atoms with Crippen LogP contribution in [0.4, 0.5) is 5.69 Å². The summed E-state index contributed by atoms with van der Waals surface area (Å²) in [7, 11) is 2.06. The molecule has 0 saturated heterocycles. The van der Waals surface area contributed by atoms with E-state index in [4.69, 9.17) is 4.74 Å². The van der Waals surface area contributed by atoms with E-state index in [0.717, 1.165) is 45.4 Å². The maximum Gasteiger partial charge on any atom is 0.354 e. The first-order chi connectivity index (χ1) is 13.1. The number of hydrogen-bond donors (Lipinski definition) is 2. The Labute approximate surface area is 155 Å². The van der Waals surface area contributed by atoms with Gasteiger partial charge in [0, 0.05) is 23.3 Å².